The Balaban J connectivity index is 1.94. The van der Waals surface area contributed by atoms with Crippen molar-refractivity contribution in [3.8, 4) is 0 Å². The molecule has 18 heavy (non-hydrogen) atoms. The highest BCUT2D eigenvalue weighted by atomic mass is 32.2. The standard InChI is InChI=1S/C11H20N2O4S/c14-11(15)9-4-3-5-10(8-9)12-18(16,17)13-6-1-2-7-13/h9-10,12H,1-8H2,(H,14,15). The van der Waals surface area contributed by atoms with Crippen LogP contribution in [0.4, 0.5) is 0 Å². The van der Waals surface area contributed by atoms with Gasteiger partial charge in [0.05, 0.1) is 5.92 Å². The molecule has 1 aliphatic carbocycles. The second-order valence-electron chi connectivity index (χ2n) is 5.13. The Labute approximate surface area is 108 Å². The number of carbonyl (C=O) groups is 1. The van der Waals surface area contributed by atoms with E-state index in [4.69, 9.17) is 5.11 Å². The Morgan fingerprint density at radius 1 is 1.17 bits per heavy atom. The summed E-state index contributed by atoms with van der Waals surface area (Å²) in [4.78, 5) is 10.9. The summed E-state index contributed by atoms with van der Waals surface area (Å²) in [5.74, 6) is -1.23. The van der Waals surface area contributed by atoms with Gasteiger partial charge in [0, 0.05) is 19.1 Å². The van der Waals surface area contributed by atoms with Gasteiger partial charge in [0.1, 0.15) is 0 Å². The van der Waals surface area contributed by atoms with Crippen molar-refractivity contribution in [1.82, 2.24) is 9.03 Å². The highest BCUT2D eigenvalue weighted by molar-refractivity contribution is 7.87. The number of aliphatic carboxylic acids is 1. The molecular formula is C11H20N2O4S. The first-order valence-corrected chi connectivity index (χ1v) is 7.93. The lowest BCUT2D eigenvalue weighted by atomic mass is 9.86. The average molecular weight is 276 g/mol. The second kappa shape index (κ2) is 5.54. The molecule has 7 heteroatoms. The van der Waals surface area contributed by atoms with Gasteiger partial charge in [0.15, 0.2) is 0 Å². The molecule has 6 nitrogen and oxygen atoms in total. The second-order valence-corrected chi connectivity index (χ2v) is 6.83. The van der Waals surface area contributed by atoms with Crippen molar-refractivity contribution in [3.05, 3.63) is 0 Å². The van der Waals surface area contributed by atoms with Crippen molar-refractivity contribution in [1.29, 1.82) is 0 Å². The van der Waals surface area contributed by atoms with Gasteiger partial charge in [0.25, 0.3) is 10.2 Å². The molecule has 1 saturated carbocycles. The molecule has 0 spiro atoms. The zero-order valence-electron chi connectivity index (χ0n) is 10.3. The van der Waals surface area contributed by atoms with Crippen molar-refractivity contribution in [3.63, 3.8) is 0 Å². The first kappa shape index (κ1) is 13.8. The third kappa shape index (κ3) is 3.21. The maximum absolute atomic E-state index is 12.0. The number of hydrogen-bond donors (Lipinski definition) is 2. The summed E-state index contributed by atoms with van der Waals surface area (Å²) in [6, 6.07) is -0.231. The van der Waals surface area contributed by atoms with Crippen molar-refractivity contribution < 1.29 is 18.3 Å². The zero-order chi connectivity index (χ0) is 13.2. The molecule has 2 N–H and O–H groups in total. The number of nitrogens with zero attached hydrogens (tertiary/aromatic N) is 1. The minimum Gasteiger partial charge on any atom is -0.481 e. The van der Waals surface area contributed by atoms with Crippen LogP contribution >= 0.6 is 0 Å². The molecule has 2 atom stereocenters. The van der Waals surface area contributed by atoms with Crippen LogP contribution in [0.5, 0.6) is 0 Å². The van der Waals surface area contributed by atoms with Gasteiger partial charge in [0.2, 0.25) is 0 Å². The maximum atomic E-state index is 12.0. The van der Waals surface area contributed by atoms with Crippen LogP contribution in [-0.2, 0) is 15.0 Å². The summed E-state index contributed by atoms with van der Waals surface area (Å²) in [6.07, 6.45) is 4.37. The molecule has 0 radical (unpaired) electrons. The first-order valence-electron chi connectivity index (χ1n) is 6.49. The van der Waals surface area contributed by atoms with E-state index in [9.17, 15) is 13.2 Å². The van der Waals surface area contributed by atoms with Crippen LogP contribution in [0.3, 0.4) is 0 Å². The number of rotatable bonds is 4. The van der Waals surface area contributed by atoms with Crippen LogP contribution in [0, 0.1) is 5.92 Å². The Hall–Kier alpha value is -0.660. The van der Waals surface area contributed by atoms with Crippen LogP contribution < -0.4 is 4.72 Å². The van der Waals surface area contributed by atoms with E-state index >= 15 is 0 Å². The Bertz CT molecular complexity index is 403. The molecule has 1 aliphatic heterocycles. The van der Waals surface area contributed by atoms with E-state index in [0.717, 1.165) is 25.7 Å². The molecule has 1 saturated heterocycles. The lowest BCUT2D eigenvalue weighted by Gasteiger charge is -2.28. The molecule has 2 rings (SSSR count). The predicted octanol–water partition coefficient (Wildman–Crippen LogP) is 0.560. The minimum absolute atomic E-state index is 0.231. The zero-order valence-corrected chi connectivity index (χ0v) is 11.2. The number of hydrogen-bond acceptors (Lipinski definition) is 3. The molecule has 0 aromatic heterocycles. The van der Waals surface area contributed by atoms with Crippen LogP contribution in [0.15, 0.2) is 0 Å². The van der Waals surface area contributed by atoms with Gasteiger partial charge in [-0.2, -0.15) is 17.4 Å². The molecule has 0 amide bonds. The molecule has 2 fully saturated rings. The predicted molar refractivity (Wildman–Crippen MR) is 66.2 cm³/mol. The number of carboxylic acids is 1. The fraction of sp³-hybridized carbons (Fsp3) is 0.909. The molecular weight excluding hydrogens is 256 g/mol. The lowest BCUT2D eigenvalue weighted by molar-refractivity contribution is -0.143. The third-order valence-electron chi connectivity index (χ3n) is 3.74. The fourth-order valence-corrected chi connectivity index (χ4v) is 4.26. The summed E-state index contributed by atoms with van der Waals surface area (Å²) in [5, 5.41) is 8.98. The van der Waals surface area contributed by atoms with E-state index in [1.807, 2.05) is 0 Å². The van der Waals surface area contributed by atoms with Gasteiger partial charge in [-0.25, -0.2) is 0 Å². The smallest absolute Gasteiger partial charge is 0.306 e. The molecule has 2 aliphatic rings. The van der Waals surface area contributed by atoms with Crippen molar-refractivity contribution in [2.45, 2.75) is 44.6 Å². The monoisotopic (exact) mass is 276 g/mol. The van der Waals surface area contributed by atoms with Gasteiger partial charge in [-0.1, -0.05) is 6.42 Å². The topological polar surface area (TPSA) is 86.7 Å². The highest BCUT2D eigenvalue weighted by Gasteiger charge is 2.32. The summed E-state index contributed by atoms with van der Waals surface area (Å²) >= 11 is 0. The van der Waals surface area contributed by atoms with E-state index in [-0.39, 0.29) is 6.04 Å². The van der Waals surface area contributed by atoms with E-state index < -0.39 is 22.1 Å². The van der Waals surface area contributed by atoms with Crippen LogP contribution in [0.1, 0.15) is 38.5 Å². The Morgan fingerprint density at radius 2 is 1.83 bits per heavy atom. The van der Waals surface area contributed by atoms with Crippen molar-refractivity contribution >= 4 is 16.2 Å². The summed E-state index contributed by atoms with van der Waals surface area (Å²) in [7, 11) is -3.42. The lowest BCUT2D eigenvalue weighted by Crippen LogP contribution is -2.46. The van der Waals surface area contributed by atoms with Gasteiger partial charge in [-0.05, 0) is 32.1 Å². The highest BCUT2D eigenvalue weighted by Crippen LogP contribution is 2.25. The SMILES string of the molecule is O=C(O)C1CCCC(NS(=O)(=O)N2CCCC2)C1. The third-order valence-corrected chi connectivity index (χ3v) is 5.42. The van der Waals surface area contributed by atoms with E-state index in [2.05, 4.69) is 4.72 Å². The largest absolute Gasteiger partial charge is 0.481 e. The van der Waals surface area contributed by atoms with E-state index in [1.54, 1.807) is 0 Å². The van der Waals surface area contributed by atoms with Gasteiger partial charge >= 0.3 is 5.97 Å². The van der Waals surface area contributed by atoms with E-state index in [1.165, 1.54) is 4.31 Å². The first-order chi connectivity index (χ1) is 8.49. The Morgan fingerprint density at radius 3 is 2.44 bits per heavy atom. The quantitative estimate of drug-likeness (QED) is 0.785. The van der Waals surface area contributed by atoms with E-state index in [0.29, 0.717) is 25.9 Å². The number of nitrogens with one attached hydrogen (secondary N) is 1. The van der Waals surface area contributed by atoms with Crippen LogP contribution in [-0.4, -0.2) is 42.9 Å². The maximum Gasteiger partial charge on any atom is 0.306 e. The molecule has 1 heterocycles. The normalized spacial score (nSPS) is 30.4. The molecule has 0 aromatic rings. The average Bonchev–Trinajstić information content (AvgIpc) is 2.82. The van der Waals surface area contributed by atoms with Crippen molar-refractivity contribution in [2.75, 3.05) is 13.1 Å². The van der Waals surface area contributed by atoms with Gasteiger partial charge < -0.3 is 5.11 Å². The van der Waals surface area contributed by atoms with Crippen molar-refractivity contribution in [2.24, 2.45) is 5.92 Å². The summed E-state index contributed by atoms with van der Waals surface area (Å²) < 4.78 is 28.2. The number of carboxylic acid groups (broad SMARTS) is 1. The minimum atomic E-state index is -3.42. The Kier molecular flexibility index (Phi) is 4.24. The molecule has 104 valence electrons. The molecule has 0 aromatic carbocycles. The molecule has 2 unspecified atom stereocenters. The van der Waals surface area contributed by atoms with Crippen LogP contribution in [0.25, 0.3) is 0 Å². The summed E-state index contributed by atoms with van der Waals surface area (Å²) in [6.45, 7) is 1.15. The van der Waals surface area contributed by atoms with Gasteiger partial charge in [-0.15, -0.1) is 0 Å². The van der Waals surface area contributed by atoms with Gasteiger partial charge in [-0.3, -0.25) is 4.79 Å². The molecule has 0 bridgehead atoms. The summed E-state index contributed by atoms with van der Waals surface area (Å²) in [5.41, 5.74) is 0. The fourth-order valence-electron chi connectivity index (χ4n) is 2.73. The van der Waals surface area contributed by atoms with Crippen LogP contribution in [0.2, 0.25) is 0 Å².